The maximum Gasteiger partial charge on any atom is 0.248 e. The van der Waals surface area contributed by atoms with Gasteiger partial charge < -0.3 is 10.1 Å². The molecular weight excluding hydrogens is 405 g/mol. The standard InChI is InChI=1S/C20H24ClF3N4O/c21-15-5-12(22)6-16-18(15)26-17(25-16)10-27-8-13-7-14(9-27)28(13)11-19(29)1-3-20(23,24)4-2-19/h5-6,13-14,29H,1-4,7-11H2,(H,25,26). The van der Waals surface area contributed by atoms with Gasteiger partial charge in [0.05, 0.1) is 22.7 Å². The van der Waals surface area contributed by atoms with E-state index in [1.807, 2.05) is 0 Å². The smallest absolute Gasteiger partial charge is 0.248 e. The lowest BCUT2D eigenvalue weighted by atomic mass is 9.79. The third-order valence-electron chi connectivity index (χ3n) is 6.74. The number of imidazole rings is 1. The Morgan fingerprint density at radius 2 is 1.86 bits per heavy atom. The molecule has 2 unspecified atom stereocenters. The lowest BCUT2D eigenvalue weighted by Crippen LogP contribution is -2.70. The van der Waals surface area contributed by atoms with Crippen molar-refractivity contribution in [3.63, 3.8) is 0 Å². The number of nitrogens with one attached hydrogen (secondary N) is 1. The zero-order valence-electron chi connectivity index (χ0n) is 16.0. The minimum Gasteiger partial charge on any atom is -0.389 e. The molecule has 4 fully saturated rings. The largest absolute Gasteiger partial charge is 0.389 e. The summed E-state index contributed by atoms with van der Waals surface area (Å²) in [5.74, 6) is -2.29. The van der Waals surface area contributed by atoms with Crippen LogP contribution in [-0.2, 0) is 6.54 Å². The molecule has 5 nitrogen and oxygen atoms in total. The third-order valence-corrected chi connectivity index (χ3v) is 7.02. The van der Waals surface area contributed by atoms with Crippen LogP contribution in [0.4, 0.5) is 13.2 Å². The van der Waals surface area contributed by atoms with Gasteiger partial charge in [0.1, 0.15) is 17.2 Å². The summed E-state index contributed by atoms with van der Waals surface area (Å²) in [5, 5.41) is 11.1. The Morgan fingerprint density at radius 1 is 1.17 bits per heavy atom. The lowest BCUT2D eigenvalue weighted by Gasteiger charge is -2.58. The van der Waals surface area contributed by atoms with Gasteiger partial charge in [-0.15, -0.1) is 0 Å². The predicted molar refractivity (Wildman–Crippen MR) is 104 cm³/mol. The average Bonchev–Trinajstić information content (AvgIpc) is 3.05. The second kappa shape index (κ2) is 6.83. The van der Waals surface area contributed by atoms with Gasteiger partial charge >= 0.3 is 0 Å². The first-order valence-electron chi connectivity index (χ1n) is 10.1. The number of piperidine rings is 1. The van der Waals surface area contributed by atoms with E-state index >= 15 is 0 Å². The average molecular weight is 429 g/mol. The van der Waals surface area contributed by atoms with Crippen molar-refractivity contribution in [3.8, 4) is 0 Å². The number of aromatic nitrogens is 2. The number of benzene rings is 1. The van der Waals surface area contributed by atoms with Crippen molar-refractivity contribution in [1.82, 2.24) is 19.8 Å². The summed E-state index contributed by atoms with van der Waals surface area (Å²) >= 11 is 6.08. The SMILES string of the molecule is OC1(CN2C3CC2CN(Cc2nc4c(Cl)cc(F)cc4[nH]2)C3)CCC(F)(F)CC1. The van der Waals surface area contributed by atoms with Crippen LogP contribution in [0.2, 0.25) is 5.02 Å². The summed E-state index contributed by atoms with van der Waals surface area (Å²) in [6.07, 6.45) is 0.938. The fraction of sp³-hybridized carbons (Fsp3) is 0.650. The summed E-state index contributed by atoms with van der Waals surface area (Å²) in [7, 11) is 0. The Kier molecular flexibility index (Phi) is 4.62. The van der Waals surface area contributed by atoms with Crippen molar-refractivity contribution in [1.29, 1.82) is 0 Å². The highest BCUT2D eigenvalue weighted by atomic mass is 35.5. The Hall–Kier alpha value is -1.35. The van der Waals surface area contributed by atoms with Crippen molar-refractivity contribution < 1.29 is 18.3 Å². The van der Waals surface area contributed by atoms with Crippen LogP contribution in [0, 0.1) is 5.82 Å². The van der Waals surface area contributed by atoms with E-state index in [1.54, 1.807) is 0 Å². The second-order valence-corrected chi connectivity index (χ2v) is 9.36. The van der Waals surface area contributed by atoms with E-state index < -0.39 is 17.3 Å². The van der Waals surface area contributed by atoms with E-state index in [-0.39, 0.29) is 25.7 Å². The summed E-state index contributed by atoms with van der Waals surface area (Å²) < 4.78 is 40.4. The first kappa shape index (κ1) is 19.6. The fourth-order valence-electron chi connectivity index (χ4n) is 5.12. The molecule has 1 aromatic carbocycles. The molecule has 0 amide bonds. The number of rotatable bonds is 4. The highest BCUT2D eigenvalue weighted by Gasteiger charge is 2.50. The number of aromatic amines is 1. The normalized spacial score (nSPS) is 29.1. The molecule has 1 aromatic heterocycles. The molecule has 0 radical (unpaired) electrons. The molecule has 4 heterocycles. The van der Waals surface area contributed by atoms with Gasteiger partial charge in [-0.25, -0.2) is 18.2 Å². The van der Waals surface area contributed by atoms with Gasteiger partial charge in [0.15, 0.2) is 0 Å². The van der Waals surface area contributed by atoms with Crippen molar-refractivity contribution >= 4 is 22.6 Å². The number of hydrogen-bond donors (Lipinski definition) is 2. The summed E-state index contributed by atoms with van der Waals surface area (Å²) in [5.41, 5.74) is 0.161. The van der Waals surface area contributed by atoms with Gasteiger partial charge in [0, 0.05) is 44.6 Å². The first-order chi connectivity index (χ1) is 13.7. The molecule has 3 saturated heterocycles. The predicted octanol–water partition coefficient (Wildman–Crippen LogP) is 3.55. The van der Waals surface area contributed by atoms with E-state index in [4.69, 9.17) is 11.6 Å². The Morgan fingerprint density at radius 3 is 2.55 bits per heavy atom. The second-order valence-electron chi connectivity index (χ2n) is 8.96. The molecule has 1 aliphatic carbocycles. The number of nitrogens with zero attached hydrogens (tertiary/aromatic N) is 3. The van der Waals surface area contributed by atoms with Crippen molar-refractivity contribution in [3.05, 3.63) is 28.8 Å². The number of H-pyrrole nitrogens is 1. The Labute approximate surface area is 171 Å². The molecule has 0 spiro atoms. The van der Waals surface area contributed by atoms with Crippen LogP contribution < -0.4 is 0 Å². The van der Waals surface area contributed by atoms with Gasteiger partial charge in [-0.05, 0) is 31.4 Å². The quantitative estimate of drug-likeness (QED) is 0.782. The Balaban J connectivity index is 1.20. The van der Waals surface area contributed by atoms with E-state index in [0.717, 1.165) is 25.3 Å². The molecule has 2 aromatic rings. The fourth-order valence-corrected chi connectivity index (χ4v) is 5.37. The van der Waals surface area contributed by atoms with E-state index in [9.17, 15) is 18.3 Å². The maximum absolute atomic E-state index is 13.5. The van der Waals surface area contributed by atoms with Gasteiger partial charge in [0.25, 0.3) is 0 Å². The Bertz CT molecular complexity index is 914. The van der Waals surface area contributed by atoms with Crippen LogP contribution in [0.5, 0.6) is 0 Å². The van der Waals surface area contributed by atoms with Gasteiger partial charge in [-0.3, -0.25) is 9.80 Å². The summed E-state index contributed by atoms with van der Waals surface area (Å²) in [6, 6.07) is 3.30. The van der Waals surface area contributed by atoms with Crippen LogP contribution in [0.3, 0.4) is 0 Å². The molecule has 2 N–H and O–H groups in total. The monoisotopic (exact) mass is 428 g/mol. The highest BCUT2D eigenvalue weighted by molar-refractivity contribution is 6.34. The summed E-state index contributed by atoms with van der Waals surface area (Å²) in [6.45, 7) is 2.76. The molecular formula is C20H24ClF3N4O. The molecule has 1 saturated carbocycles. The first-order valence-corrected chi connectivity index (χ1v) is 10.5. The molecule has 2 bridgehead atoms. The van der Waals surface area contributed by atoms with E-state index in [1.165, 1.54) is 12.1 Å². The van der Waals surface area contributed by atoms with Crippen LogP contribution in [-0.4, -0.2) is 68.1 Å². The van der Waals surface area contributed by atoms with E-state index in [2.05, 4.69) is 19.8 Å². The van der Waals surface area contributed by atoms with Crippen LogP contribution in [0.1, 0.15) is 37.9 Å². The van der Waals surface area contributed by atoms with Gasteiger partial charge in [-0.1, -0.05) is 11.6 Å². The molecule has 29 heavy (non-hydrogen) atoms. The number of fused-ring (bicyclic) bond motifs is 3. The molecule has 2 atom stereocenters. The lowest BCUT2D eigenvalue weighted by molar-refractivity contribution is -0.150. The number of alkyl halides is 2. The third kappa shape index (κ3) is 3.76. The molecule has 9 heteroatoms. The molecule has 6 rings (SSSR count). The highest BCUT2D eigenvalue weighted by Crippen LogP contribution is 2.42. The number of aliphatic hydroxyl groups is 1. The summed E-state index contributed by atoms with van der Waals surface area (Å²) in [4.78, 5) is 12.2. The van der Waals surface area contributed by atoms with Crippen molar-refractivity contribution in [2.24, 2.45) is 0 Å². The minimum absolute atomic E-state index is 0.163. The molecule has 158 valence electrons. The number of hydrogen-bond acceptors (Lipinski definition) is 4. The number of piperazine rings is 1. The molecule has 4 aliphatic rings. The number of halogens is 4. The zero-order chi connectivity index (χ0) is 20.4. The van der Waals surface area contributed by atoms with Crippen molar-refractivity contribution in [2.75, 3.05) is 19.6 Å². The topological polar surface area (TPSA) is 55.4 Å². The van der Waals surface area contributed by atoms with Gasteiger partial charge in [0.2, 0.25) is 5.92 Å². The van der Waals surface area contributed by atoms with Gasteiger partial charge in [-0.2, -0.15) is 0 Å². The molecule has 3 aliphatic heterocycles. The minimum atomic E-state index is -2.63. The van der Waals surface area contributed by atoms with Crippen LogP contribution in [0.25, 0.3) is 11.0 Å². The van der Waals surface area contributed by atoms with Crippen molar-refractivity contribution in [2.45, 2.75) is 62.3 Å². The maximum atomic E-state index is 13.5. The van der Waals surface area contributed by atoms with Crippen LogP contribution in [0.15, 0.2) is 12.1 Å². The zero-order valence-corrected chi connectivity index (χ0v) is 16.7. The van der Waals surface area contributed by atoms with E-state index in [0.29, 0.717) is 41.2 Å². The van der Waals surface area contributed by atoms with Crippen LogP contribution >= 0.6 is 11.6 Å².